The fraction of sp³-hybridized carbons (Fsp3) is 0.200. The van der Waals surface area contributed by atoms with Crippen molar-refractivity contribution in [2.45, 2.75) is 6.04 Å². The van der Waals surface area contributed by atoms with Gasteiger partial charge in [0.15, 0.2) is 11.5 Å². The molecule has 1 aliphatic rings. The van der Waals surface area contributed by atoms with Gasteiger partial charge < -0.3 is 23.9 Å². The van der Waals surface area contributed by atoms with Gasteiger partial charge in [-0.25, -0.2) is 0 Å². The number of furan rings is 1. The standard InChI is InChI=1S/C25H22BrNO6/c1-3-10-32-18-6-4-5-15(13-18)22-21(24(29)25(30)27(22)9-11-31-2)23(28)20-14-16-12-17(26)7-8-19(16)33-20/h3-8,12-14,22,29H,1,9-11H2,2H3. The molecule has 1 atom stereocenters. The molecule has 170 valence electrons. The minimum Gasteiger partial charge on any atom is -0.503 e. The van der Waals surface area contributed by atoms with Gasteiger partial charge in [0.1, 0.15) is 17.9 Å². The molecule has 7 nitrogen and oxygen atoms in total. The van der Waals surface area contributed by atoms with Gasteiger partial charge >= 0.3 is 0 Å². The van der Waals surface area contributed by atoms with Gasteiger partial charge in [-0.15, -0.1) is 0 Å². The van der Waals surface area contributed by atoms with Crippen molar-refractivity contribution >= 4 is 38.6 Å². The highest BCUT2D eigenvalue weighted by atomic mass is 79.9. The zero-order valence-corrected chi connectivity index (χ0v) is 19.5. The molecule has 1 unspecified atom stereocenters. The number of fused-ring (bicyclic) bond motifs is 1. The van der Waals surface area contributed by atoms with E-state index in [1.807, 2.05) is 6.07 Å². The molecule has 0 saturated carbocycles. The highest BCUT2D eigenvalue weighted by Gasteiger charge is 2.44. The molecule has 0 spiro atoms. The third kappa shape index (κ3) is 4.44. The van der Waals surface area contributed by atoms with Crippen molar-refractivity contribution in [1.29, 1.82) is 0 Å². The number of nitrogens with zero attached hydrogens (tertiary/aromatic N) is 1. The van der Waals surface area contributed by atoms with E-state index in [0.717, 1.165) is 9.86 Å². The average molecular weight is 512 g/mol. The van der Waals surface area contributed by atoms with Crippen LogP contribution in [0, 0.1) is 0 Å². The van der Waals surface area contributed by atoms with Gasteiger partial charge in [0.2, 0.25) is 5.78 Å². The number of halogens is 1. The Balaban J connectivity index is 1.78. The SMILES string of the molecule is C=CCOc1cccc(C2C(C(=O)c3cc4cc(Br)ccc4o3)=C(O)C(=O)N2CCOC)c1. The highest BCUT2D eigenvalue weighted by molar-refractivity contribution is 9.10. The van der Waals surface area contributed by atoms with Crippen molar-refractivity contribution in [3.05, 3.63) is 88.3 Å². The maximum Gasteiger partial charge on any atom is 0.290 e. The van der Waals surface area contributed by atoms with Crippen LogP contribution in [0.1, 0.15) is 22.2 Å². The molecule has 0 aliphatic carbocycles. The van der Waals surface area contributed by atoms with Gasteiger partial charge in [0, 0.05) is 23.5 Å². The van der Waals surface area contributed by atoms with Crippen molar-refractivity contribution in [3.8, 4) is 5.75 Å². The maximum atomic E-state index is 13.5. The van der Waals surface area contributed by atoms with E-state index in [1.54, 1.807) is 48.5 Å². The lowest BCUT2D eigenvalue weighted by Gasteiger charge is -2.26. The number of aliphatic hydroxyl groups excluding tert-OH is 1. The summed E-state index contributed by atoms with van der Waals surface area (Å²) in [5.41, 5.74) is 1.10. The van der Waals surface area contributed by atoms with Crippen molar-refractivity contribution in [3.63, 3.8) is 0 Å². The molecule has 1 amide bonds. The number of methoxy groups -OCH3 is 1. The molecule has 2 aromatic carbocycles. The predicted molar refractivity (Wildman–Crippen MR) is 126 cm³/mol. The molecule has 0 fully saturated rings. The van der Waals surface area contributed by atoms with Crippen molar-refractivity contribution < 1.29 is 28.6 Å². The van der Waals surface area contributed by atoms with Crippen molar-refractivity contribution in [1.82, 2.24) is 4.90 Å². The molecular formula is C25H22BrNO6. The summed E-state index contributed by atoms with van der Waals surface area (Å²) >= 11 is 3.40. The Morgan fingerprint density at radius 3 is 2.85 bits per heavy atom. The highest BCUT2D eigenvalue weighted by Crippen LogP contribution is 2.40. The largest absolute Gasteiger partial charge is 0.503 e. The second kappa shape index (κ2) is 9.64. The fourth-order valence-corrected chi connectivity index (χ4v) is 4.22. The summed E-state index contributed by atoms with van der Waals surface area (Å²) in [5, 5.41) is 11.5. The molecule has 1 N–H and O–H groups in total. The zero-order valence-electron chi connectivity index (χ0n) is 17.9. The molecule has 1 aromatic heterocycles. The summed E-state index contributed by atoms with van der Waals surface area (Å²) < 4.78 is 17.4. The fourth-order valence-electron chi connectivity index (χ4n) is 3.84. The van der Waals surface area contributed by atoms with Gasteiger partial charge in [-0.05, 0) is 42.0 Å². The summed E-state index contributed by atoms with van der Waals surface area (Å²) in [6.07, 6.45) is 1.62. The molecule has 8 heteroatoms. The first-order chi connectivity index (χ1) is 15.9. The predicted octanol–water partition coefficient (Wildman–Crippen LogP) is 4.98. The van der Waals surface area contributed by atoms with E-state index in [0.29, 0.717) is 23.5 Å². The number of rotatable bonds is 9. The molecule has 33 heavy (non-hydrogen) atoms. The number of carbonyl (C=O) groups is 2. The molecule has 2 heterocycles. The summed E-state index contributed by atoms with van der Waals surface area (Å²) in [6, 6.07) is 13.2. The molecule has 3 aromatic rings. The number of amides is 1. The van der Waals surface area contributed by atoms with Crippen LogP contribution in [-0.4, -0.2) is 48.6 Å². The quantitative estimate of drug-likeness (QED) is 0.321. The van der Waals surface area contributed by atoms with Crippen LogP contribution in [0.15, 0.2) is 81.4 Å². The van der Waals surface area contributed by atoms with Crippen LogP contribution in [0.2, 0.25) is 0 Å². The third-order valence-electron chi connectivity index (χ3n) is 5.33. The lowest BCUT2D eigenvalue weighted by Crippen LogP contribution is -2.34. The lowest BCUT2D eigenvalue weighted by molar-refractivity contribution is -0.130. The number of ketones is 1. The zero-order chi connectivity index (χ0) is 23.5. The number of Topliss-reactive ketones (excluding diaryl/α,β-unsaturated/α-hetero) is 1. The van der Waals surface area contributed by atoms with Gasteiger partial charge in [0.05, 0.1) is 18.2 Å². The van der Waals surface area contributed by atoms with E-state index in [-0.39, 0.29) is 24.5 Å². The monoisotopic (exact) mass is 511 g/mol. The number of carbonyl (C=O) groups excluding carboxylic acids is 2. The minimum atomic E-state index is -0.827. The van der Waals surface area contributed by atoms with E-state index in [2.05, 4.69) is 22.5 Å². The van der Waals surface area contributed by atoms with Crippen molar-refractivity contribution in [2.75, 3.05) is 26.9 Å². The van der Waals surface area contributed by atoms with Crippen LogP contribution in [0.4, 0.5) is 0 Å². The number of hydrogen-bond donors (Lipinski definition) is 1. The molecule has 0 saturated heterocycles. The number of ether oxygens (including phenoxy) is 2. The normalized spacial score (nSPS) is 16.0. The van der Waals surface area contributed by atoms with Crippen LogP contribution in [0.25, 0.3) is 11.0 Å². The average Bonchev–Trinajstić information content (AvgIpc) is 3.34. The Bertz CT molecular complexity index is 1260. The summed E-state index contributed by atoms with van der Waals surface area (Å²) in [6.45, 7) is 4.38. The number of hydrogen-bond acceptors (Lipinski definition) is 6. The third-order valence-corrected chi connectivity index (χ3v) is 5.82. The number of benzene rings is 2. The molecular weight excluding hydrogens is 490 g/mol. The van der Waals surface area contributed by atoms with E-state index in [9.17, 15) is 14.7 Å². The topological polar surface area (TPSA) is 89.2 Å². The Labute approximate surface area is 199 Å². The van der Waals surface area contributed by atoms with Gasteiger partial charge in [0.25, 0.3) is 5.91 Å². The Morgan fingerprint density at radius 2 is 2.09 bits per heavy atom. The Kier molecular flexibility index (Phi) is 6.67. The molecule has 0 radical (unpaired) electrons. The van der Waals surface area contributed by atoms with Crippen LogP contribution in [0.3, 0.4) is 0 Å². The van der Waals surface area contributed by atoms with Gasteiger partial charge in [-0.2, -0.15) is 0 Å². The van der Waals surface area contributed by atoms with Gasteiger partial charge in [-0.3, -0.25) is 9.59 Å². The summed E-state index contributed by atoms with van der Waals surface area (Å²) in [4.78, 5) is 27.9. The summed E-state index contributed by atoms with van der Waals surface area (Å²) in [7, 11) is 1.52. The smallest absolute Gasteiger partial charge is 0.290 e. The second-order valence-corrected chi connectivity index (χ2v) is 8.37. The molecule has 0 bridgehead atoms. The minimum absolute atomic E-state index is 0.0371. The second-order valence-electron chi connectivity index (χ2n) is 7.45. The Morgan fingerprint density at radius 1 is 1.27 bits per heavy atom. The lowest BCUT2D eigenvalue weighted by atomic mass is 9.95. The van der Waals surface area contributed by atoms with E-state index in [4.69, 9.17) is 13.9 Å². The number of aliphatic hydroxyl groups is 1. The van der Waals surface area contributed by atoms with Gasteiger partial charge in [-0.1, -0.05) is 40.7 Å². The first-order valence-corrected chi connectivity index (χ1v) is 11.0. The van der Waals surface area contributed by atoms with Crippen molar-refractivity contribution in [2.24, 2.45) is 0 Å². The van der Waals surface area contributed by atoms with E-state index >= 15 is 0 Å². The first-order valence-electron chi connectivity index (χ1n) is 10.2. The van der Waals surface area contributed by atoms with Crippen LogP contribution < -0.4 is 4.74 Å². The van der Waals surface area contributed by atoms with Crippen LogP contribution in [0.5, 0.6) is 5.75 Å². The Hall–Kier alpha value is -3.36. The van der Waals surface area contributed by atoms with Crippen LogP contribution in [-0.2, 0) is 9.53 Å². The van der Waals surface area contributed by atoms with Crippen LogP contribution >= 0.6 is 15.9 Å². The molecule has 1 aliphatic heterocycles. The van der Waals surface area contributed by atoms with E-state index < -0.39 is 23.5 Å². The van der Waals surface area contributed by atoms with E-state index in [1.165, 1.54) is 12.0 Å². The molecule has 4 rings (SSSR count). The summed E-state index contributed by atoms with van der Waals surface area (Å²) in [5.74, 6) is -1.21. The maximum absolute atomic E-state index is 13.5. The first kappa shape index (κ1) is 22.8.